The lowest BCUT2D eigenvalue weighted by Gasteiger charge is -2.20. The summed E-state index contributed by atoms with van der Waals surface area (Å²) in [6.45, 7) is 0.640. The number of aromatic nitrogens is 3. The molecule has 0 unspecified atom stereocenters. The molecule has 0 spiro atoms. The second kappa shape index (κ2) is 6.61. The Kier molecular flexibility index (Phi) is 3.94. The van der Waals surface area contributed by atoms with Crippen LogP contribution in [0.2, 0.25) is 0 Å². The average molecular weight is 397 g/mol. The molecule has 4 aromatic rings. The minimum Gasteiger partial charge on any atom is -0.380 e. The third-order valence-corrected chi connectivity index (χ3v) is 5.04. The zero-order valence-corrected chi connectivity index (χ0v) is 15.1. The lowest BCUT2D eigenvalue weighted by Crippen LogP contribution is -2.34. The van der Waals surface area contributed by atoms with Crippen molar-refractivity contribution in [1.29, 1.82) is 0 Å². The number of halogens is 2. The fraction of sp³-hybridized carbons (Fsp3) is 0.0526. The van der Waals surface area contributed by atoms with Crippen molar-refractivity contribution in [2.45, 2.75) is 0 Å². The van der Waals surface area contributed by atoms with Gasteiger partial charge in [0.05, 0.1) is 28.3 Å². The molecule has 2 aromatic carbocycles. The maximum absolute atomic E-state index is 13.3. The monoisotopic (exact) mass is 397 g/mol. The maximum Gasteiger partial charge on any atom is 0.205 e. The summed E-state index contributed by atoms with van der Waals surface area (Å²) in [5.41, 5.74) is 1.52. The predicted molar refractivity (Wildman–Crippen MR) is 103 cm³/mol. The van der Waals surface area contributed by atoms with E-state index in [0.29, 0.717) is 29.3 Å². The van der Waals surface area contributed by atoms with Crippen molar-refractivity contribution in [3.8, 4) is 5.75 Å². The predicted octanol–water partition coefficient (Wildman–Crippen LogP) is 2.87. The third-order valence-electron chi connectivity index (χ3n) is 4.23. The first kappa shape index (κ1) is 16.7. The van der Waals surface area contributed by atoms with Gasteiger partial charge in [-0.3, -0.25) is 0 Å². The highest BCUT2D eigenvalue weighted by Gasteiger charge is 2.10. The SMILES string of the molecule is Fc1cc2nc(Nc3ccc(ON4C=c5cnsc5=CC4)cc3)[nH]c2cc1F. The van der Waals surface area contributed by atoms with Crippen LogP contribution in [0.5, 0.6) is 5.75 Å². The Balaban J connectivity index is 1.30. The van der Waals surface area contributed by atoms with Crippen LogP contribution in [-0.2, 0) is 0 Å². The number of fused-ring (bicyclic) bond motifs is 2. The van der Waals surface area contributed by atoms with E-state index in [1.165, 1.54) is 11.5 Å². The van der Waals surface area contributed by atoms with E-state index in [1.807, 2.05) is 36.7 Å². The van der Waals surface area contributed by atoms with Crippen molar-refractivity contribution in [3.63, 3.8) is 0 Å². The summed E-state index contributed by atoms with van der Waals surface area (Å²) >= 11 is 1.46. The van der Waals surface area contributed by atoms with E-state index >= 15 is 0 Å². The van der Waals surface area contributed by atoms with Crippen molar-refractivity contribution < 1.29 is 13.6 Å². The number of hydrogen-bond donors (Lipinski definition) is 2. The standard InChI is InChI=1S/C19H13F2N5OS/c20-14-7-16-17(8-15(14)21)25-19(24-16)23-12-1-3-13(4-2-12)27-26-6-5-18-11(10-26)9-22-28-18/h1-5,7-10H,6H2,(H2,23,24,25). The number of benzene rings is 2. The first-order valence-corrected chi connectivity index (χ1v) is 9.20. The zero-order valence-electron chi connectivity index (χ0n) is 14.3. The topological polar surface area (TPSA) is 66.1 Å². The van der Waals surface area contributed by atoms with Crippen molar-refractivity contribution in [3.05, 3.63) is 64.0 Å². The van der Waals surface area contributed by atoms with E-state index in [-0.39, 0.29) is 0 Å². The number of H-pyrrole nitrogens is 1. The van der Waals surface area contributed by atoms with Crippen LogP contribution in [0.1, 0.15) is 0 Å². The zero-order chi connectivity index (χ0) is 19.1. The van der Waals surface area contributed by atoms with Crippen LogP contribution in [0, 0.1) is 11.6 Å². The highest BCUT2D eigenvalue weighted by Crippen LogP contribution is 2.23. The van der Waals surface area contributed by atoms with E-state index < -0.39 is 11.6 Å². The summed E-state index contributed by atoms with van der Waals surface area (Å²) in [5.74, 6) is -0.772. The second-order valence-corrected chi connectivity index (χ2v) is 7.02. The number of nitrogens with zero attached hydrogens (tertiary/aromatic N) is 3. The molecule has 0 atom stereocenters. The van der Waals surface area contributed by atoms with E-state index in [9.17, 15) is 8.78 Å². The number of hydroxylamine groups is 2. The van der Waals surface area contributed by atoms with Crippen molar-refractivity contribution in [2.75, 3.05) is 11.9 Å². The Morgan fingerprint density at radius 3 is 2.82 bits per heavy atom. The lowest BCUT2D eigenvalue weighted by molar-refractivity contribution is 0.0278. The van der Waals surface area contributed by atoms with Gasteiger partial charge in [-0.25, -0.2) is 18.8 Å². The second-order valence-electron chi connectivity index (χ2n) is 6.19. The van der Waals surface area contributed by atoms with Gasteiger partial charge in [-0.2, -0.15) is 4.37 Å². The van der Waals surface area contributed by atoms with E-state index in [2.05, 4.69) is 25.7 Å². The molecule has 1 aliphatic rings. The summed E-state index contributed by atoms with van der Waals surface area (Å²) in [7, 11) is 0. The van der Waals surface area contributed by atoms with Gasteiger partial charge >= 0.3 is 0 Å². The molecule has 1 aliphatic heterocycles. The number of rotatable bonds is 4. The normalized spacial score (nSPS) is 13.0. The van der Waals surface area contributed by atoms with Crippen molar-refractivity contribution >= 4 is 46.5 Å². The lowest BCUT2D eigenvalue weighted by atomic mass is 10.3. The fourth-order valence-corrected chi connectivity index (χ4v) is 3.53. The molecule has 5 rings (SSSR count). The Morgan fingerprint density at radius 1 is 1.14 bits per heavy atom. The van der Waals surface area contributed by atoms with Crippen molar-refractivity contribution in [2.24, 2.45) is 0 Å². The first-order valence-electron chi connectivity index (χ1n) is 8.43. The maximum atomic E-state index is 13.3. The summed E-state index contributed by atoms with van der Waals surface area (Å²) in [4.78, 5) is 13.0. The molecule has 6 nitrogen and oxygen atoms in total. The Morgan fingerprint density at radius 2 is 1.96 bits per heavy atom. The van der Waals surface area contributed by atoms with Gasteiger partial charge in [0.25, 0.3) is 0 Å². The summed E-state index contributed by atoms with van der Waals surface area (Å²) in [6.07, 6.45) is 5.79. The minimum absolute atomic E-state index is 0.348. The van der Waals surface area contributed by atoms with Crippen molar-refractivity contribution in [1.82, 2.24) is 19.4 Å². The molecule has 0 amide bonds. The van der Waals surface area contributed by atoms with Crippen LogP contribution in [0.4, 0.5) is 20.4 Å². The van der Waals surface area contributed by atoms with Gasteiger partial charge in [-0.05, 0) is 41.9 Å². The van der Waals surface area contributed by atoms with Gasteiger partial charge in [0.15, 0.2) is 17.4 Å². The number of hydrogen-bond acceptors (Lipinski definition) is 6. The van der Waals surface area contributed by atoms with Gasteiger partial charge in [0, 0.05) is 29.2 Å². The van der Waals surface area contributed by atoms with Gasteiger partial charge in [0.2, 0.25) is 5.95 Å². The Labute approximate surface area is 161 Å². The average Bonchev–Trinajstić information content (AvgIpc) is 3.29. The quantitative estimate of drug-likeness (QED) is 0.554. The molecule has 0 saturated heterocycles. The number of anilines is 2. The molecule has 0 radical (unpaired) electrons. The molecule has 0 aliphatic carbocycles. The molecular formula is C19H13F2N5OS. The summed E-state index contributed by atoms with van der Waals surface area (Å²) in [5, 5.41) is 5.84. The molecule has 0 bridgehead atoms. The van der Waals surface area contributed by atoms with Crippen LogP contribution in [0.15, 0.2) is 42.6 Å². The molecule has 0 saturated carbocycles. The van der Waals surface area contributed by atoms with Gasteiger partial charge < -0.3 is 15.1 Å². The van der Waals surface area contributed by atoms with E-state index in [1.54, 1.807) is 5.06 Å². The summed E-state index contributed by atoms with van der Waals surface area (Å²) in [6, 6.07) is 9.44. The third kappa shape index (κ3) is 3.16. The minimum atomic E-state index is -0.927. The van der Waals surface area contributed by atoms with Crippen LogP contribution < -0.4 is 19.9 Å². The van der Waals surface area contributed by atoms with E-state index in [0.717, 1.165) is 27.6 Å². The highest BCUT2D eigenvalue weighted by atomic mass is 32.1. The van der Waals surface area contributed by atoms with Crippen LogP contribution in [-0.4, -0.2) is 25.9 Å². The van der Waals surface area contributed by atoms with Crippen LogP contribution >= 0.6 is 11.5 Å². The van der Waals surface area contributed by atoms with Gasteiger partial charge in [-0.15, -0.1) is 0 Å². The first-order chi connectivity index (χ1) is 13.6. The highest BCUT2D eigenvalue weighted by molar-refractivity contribution is 7.03. The molecular weight excluding hydrogens is 384 g/mol. The summed E-state index contributed by atoms with van der Waals surface area (Å²) < 4.78 is 31.9. The number of imidazole rings is 1. The van der Waals surface area contributed by atoms with E-state index in [4.69, 9.17) is 4.84 Å². The molecule has 2 N–H and O–H groups in total. The van der Waals surface area contributed by atoms with Crippen LogP contribution in [0.3, 0.4) is 0 Å². The molecule has 28 heavy (non-hydrogen) atoms. The molecule has 9 heteroatoms. The molecule has 140 valence electrons. The molecule has 0 fully saturated rings. The van der Waals surface area contributed by atoms with Crippen LogP contribution in [0.25, 0.3) is 23.3 Å². The molecule has 2 aromatic heterocycles. The largest absolute Gasteiger partial charge is 0.380 e. The Bertz CT molecular complexity index is 1240. The smallest absolute Gasteiger partial charge is 0.205 e. The Hall–Kier alpha value is -3.46. The van der Waals surface area contributed by atoms with Gasteiger partial charge in [0.1, 0.15) is 0 Å². The number of nitrogens with one attached hydrogen (secondary N) is 2. The van der Waals surface area contributed by atoms with Gasteiger partial charge in [-0.1, -0.05) is 0 Å². The number of aromatic amines is 1. The molecule has 3 heterocycles. The fourth-order valence-electron chi connectivity index (χ4n) is 2.89.